The first-order valence-corrected chi connectivity index (χ1v) is 6.21. The Kier molecular flexibility index (Phi) is 2.60. The Hall–Kier alpha value is -1.56. The van der Waals surface area contributed by atoms with Crippen molar-refractivity contribution in [2.75, 3.05) is 6.54 Å². The lowest BCUT2D eigenvalue weighted by Crippen LogP contribution is -2.43. The number of imidazole rings is 1. The first-order chi connectivity index (χ1) is 8.96. The van der Waals surface area contributed by atoms with Crippen molar-refractivity contribution in [3.63, 3.8) is 0 Å². The van der Waals surface area contributed by atoms with Gasteiger partial charge in [0.25, 0.3) is 0 Å². The molecular weight excluding hydrogens is 255 g/mol. The molecule has 3 rings (SSSR count). The second-order valence-electron chi connectivity index (χ2n) is 5.13. The summed E-state index contributed by atoms with van der Waals surface area (Å²) in [5, 5.41) is 0. The Morgan fingerprint density at radius 3 is 2.58 bits per heavy atom. The SMILES string of the molecule is NCC1(c2ncc3ccc(C(F)(F)F)cn23)CCC1. The molecular formula is C13H14F3N3. The molecule has 0 atom stereocenters. The van der Waals surface area contributed by atoms with Crippen LogP contribution in [0.15, 0.2) is 24.5 Å². The number of nitrogens with two attached hydrogens (primary N) is 1. The minimum absolute atomic E-state index is 0.253. The highest BCUT2D eigenvalue weighted by molar-refractivity contribution is 5.48. The van der Waals surface area contributed by atoms with Gasteiger partial charge in [-0.2, -0.15) is 13.2 Å². The normalized spacial score (nSPS) is 18.5. The number of hydrogen-bond donors (Lipinski definition) is 1. The van der Waals surface area contributed by atoms with Crippen molar-refractivity contribution in [1.29, 1.82) is 0 Å². The highest BCUT2D eigenvalue weighted by Gasteiger charge is 2.41. The van der Waals surface area contributed by atoms with Gasteiger partial charge in [-0.05, 0) is 25.0 Å². The van der Waals surface area contributed by atoms with Crippen LogP contribution in [0.4, 0.5) is 13.2 Å². The molecule has 2 aromatic rings. The third-order valence-corrected chi connectivity index (χ3v) is 4.03. The van der Waals surface area contributed by atoms with Crippen LogP contribution in [0, 0.1) is 0 Å². The van der Waals surface area contributed by atoms with E-state index in [2.05, 4.69) is 4.98 Å². The van der Waals surface area contributed by atoms with Gasteiger partial charge in [-0.1, -0.05) is 6.42 Å². The molecule has 2 aromatic heterocycles. The predicted molar refractivity (Wildman–Crippen MR) is 64.8 cm³/mol. The third-order valence-electron chi connectivity index (χ3n) is 4.03. The fraction of sp³-hybridized carbons (Fsp3) is 0.462. The molecule has 19 heavy (non-hydrogen) atoms. The van der Waals surface area contributed by atoms with Crippen molar-refractivity contribution in [2.24, 2.45) is 5.73 Å². The highest BCUT2D eigenvalue weighted by Crippen LogP contribution is 2.42. The highest BCUT2D eigenvalue weighted by atomic mass is 19.4. The van der Waals surface area contributed by atoms with Crippen molar-refractivity contribution in [1.82, 2.24) is 9.38 Å². The topological polar surface area (TPSA) is 43.3 Å². The van der Waals surface area contributed by atoms with Gasteiger partial charge in [0.2, 0.25) is 0 Å². The summed E-state index contributed by atoms with van der Waals surface area (Å²) in [6.45, 7) is 0.419. The lowest BCUT2D eigenvalue weighted by atomic mass is 9.68. The van der Waals surface area contributed by atoms with E-state index in [0.29, 0.717) is 17.9 Å². The van der Waals surface area contributed by atoms with Crippen molar-refractivity contribution < 1.29 is 13.2 Å². The van der Waals surface area contributed by atoms with E-state index < -0.39 is 11.7 Å². The fourth-order valence-corrected chi connectivity index (χ4v) is 2.67. The van der Waals surface area contributed by atoms with Gasteiger partial charge in [0.05, 0.1) is 17.3 Å². The molecule has 0 saturated heterocycles. The Bertz CT molecular complexity index is 606. The van der Waals surface area contributed by atoms with Crippen LogP contribution in [0.2, 0.25) is 0 Å². The van der Waals surface area contributed by atoms with E-state index in [1.807, 2.05) is 0 Å². The molecule has 1 fully saturated rings. The van der Waals surface area contributed by atoms with E-state index in [0.717, 1.165) is 31.5 Å². The number of hydrogen-bond acceptors (Lipinski definition) is 2. The molecule has 1 saturated carbocycles. The molecule has 2 heterocycles. The second kappa shape index (κ2) is 3.96. The fourth-order valence-electron chi connectivity index (χ4n) is 2.67. The van der Waals surface area contributed by atoms with Gasteiger partial charge >= 0.3 is 6.18 Å². The maximum atomic E-state index is 12.8. The smallest absolute Gasteiger partial charge is 0.329 e. The van der Waals surface area contributed by atoms with E-state index >= 15 is 0 Å². The van der Waals surface area contributed by atoms with Crippen LogP contribution in [0.25, 0.3) is 5.52 Å². The van der Waals surface area contributed by atoms with E-state index in [-0.39, 0.29) is 5.41 Å². The number of aromatic nitrogens is 2. The number of pyridine rings is 1. The van der Waals surface area contributed by atoms with Crippen LogP contribution in [0.1, 0.15) is 30.7 Å². The average Bonchev–Trinajstić information content (AvgIpc) is 2.71. The zero-order chi connectivity index (χ0) is 13.7. The molecule has 1 aliphatic carbocycles. The van der Waals surface area contributed by atoms with Crippen molar-refractivity contribution >= 4 is 5.52 Å². The van der Waals surface area contributed by atoms with Gasteiger partial charge in [0.1, 0.15) is 5.82 Å². The second-order valence-corrected chi connectivity index (χ2v) is 5.13. The number of nitrogens with zero attached hydrogens (tertiary/aromatic N) is 2. The van der Waals surface area contributed by atoms with E-state index in [4.69, 9.17) is 5.73 Å². The summed E-state index contributed by atoms with van der Waals surface area (Å²) in [6, 6.07) is 2.53. The van der Waals surface area contributed by atoms with Crippen molar-refractivity contribution in [3.8, 4) is 0 Å². The summed E-state index contributed by atoms with van der Waals surface area (Å²) in [4.78, 5) is 4.30. The molecule has 3 nitrogen and oxygen atoms in total. The molecule has 0 aromatic carbocycles. The number of alkyl halides is 3. The molecule has 2 N–H and O–H groups in total. The van der Waals surface area contributed by atoms with Gasteiger partial charge in [-0.3, -0.25) is 0 Å². The molecule has 102 valence electrons. The van der Waals surface area contributed by atoms with E-state index in [1.165, 1.54) is 10.5 Å². The van der Waals surface area contributed by atoms with Crippen LogP contribution in [0.3, 0.4) is 0 Å². The quantitative estimate of drug-likeness (QED) is 0.911. The maximum Gasteiger partial charge on any atom is 0.417 e. The number of rotatable bonds is 2. The predicted octanol–water partition coefficient (Wildman–Crippen LogP) is 2.73. The van der Waals surface area contributed by atoms with Crippen molar-refractivity contribution in [2.45, 2.75) is 30.9 Å². The summed E-state index contributed by atoms with van der Waals surface area (Å²) in [6.07, 6.45) is 1.20. The molecule has 0 radical (unpaired) electrons. The Morgan fingerprint density at radius 1 is 1.32 bits per heavy atom. The minimum atomic E-state index is -4.34. The molecule has 1 aliphatic rings. The Morgan fingerprint density at radius 2 is 2.05 bits per heavy atom. The standard InChI is InChI=1S/C13H14F3N3/c14-13(15,16)9-2-3-10-6-18-11(19(10)7-9)12(8-17)4-1-5-12/h2-3,6-7H,1,4-5,8,17H2. The summed E-state index contributed by atoms with van der Waals surface area (Å²) in [5.41, 5.74) is 5.55. The van der Waals surface area contributed by atoms with Gasteiger partial charge < -0.3 is 10.1 Å². The lowest BCUT2D eigenvalue weighted by molar-refractivity contribution is -0.137. The monoisotopic (exact) mass is 269 g/mol. The average molecular weight is 269 g/mol. The molecule has 0 spiro atoms. The Labute approximate surface area is 108 Å². The maximum absolute atomic E-state index is 12.8. The van der Waals surface area contributed by atoms with E-state index in [9.17, 15) is 13.2 Å². The zero-order valence-electron chi connectivity index (χ0n) is 10.2. The first kappa shape index (κ1) is 12.5. The summed E-state index contributed by atoms with van der Waals surface area (Å²) < 4.78 is 39.8. The third kappa shape index (κ3) is 1.82. The van der Waals surface area contributed by atoms with Gasteiger partial charge in [0.15, 0.2) is 0 Å². The molecule has 0 aliphatic heterocycles. The number of fused-ring (bicyclic) bond motifs is 1. The molecule has 0 amide bonds. The van der Waals surface area contributed by atoms with Crippen LogP contribution >= 0.6 is 0 Å². The van der Waals surface area contributed by atoms with Crippen molar-refractivity contribution in [3.05, 3.63) is 35.9 Å². The summed E-state index contributed by atoms with van der Waals surface area (Å²) >= 11 is 0. The van der Waals surface area contributed by atoms with Crippen LogP contribution in [-0.2, 0) is 11.6 Å². The van der Waals surface area contributed by atoms with Gasteiger partial charge in [-0.25, -0.2) is 4.98 Å². The van der Waals surface area contributed by atoms with E-state index in [1.54, 1.807) is 6.20 Å². The largest absolute Gasteiger partial charge is 0.417 e. The summed E-state index contributed by atoms with van der Waals surface area (Å²) in [5.74, 6) is 0.655. The van der Waals surface area contributed by atoms with Crippen LogP contribution in [0.5, 0.6) is 0 Å². The lowest BCUT2D eigenvalue weighted by Gasteiger charge is -2.39. The van der Waals surface area contributed by atoms with Gasteiger partial charge in [0, 0.05) is 18.2 Å². The van der Waals surface area contributed by atoms with Crippen LogP contribution < -0.4 is 5.73 Å². The summed E-state index contributed by atoms with van der Waals surface area (Å²) in [7, 11) is 0. The molecule has 6 heteroatoms. The zero-order valence-corrected chi connectivity index (χ0v) is 10.2. The molecule has 0 bridgehead atoms. The minimum Gasteiger partial charge on any atom is -0.329 e. The Balaban J connectivity index is 2.16. The molecule has 0 unspecified atom stereocenters. The van der Waals surface area contributed by atoms with Gasteiger partial charge in [-0.15, -0.1) is 0 Å². The van der Waals surface area contributed by atoms with Crippen LogP contribution in [-0.4, -0.2) is 15.9 Å². The first-order valence-electron chi connectivity index (χ1n) is 6.21. The number of halogens is 3.